The van der Waals surface area contributed by atoms with Crippen molar-refractivity contribution in [3.05, 3.63) is 0 Å². The summed E-state index contributed by atoms with van der Waals surface area (Å²) in [6.07, 6.45) is 14.1. The Kier molecular flexibility index (Phi) is 15.5. The predicted molar refractivity (Wildman–Crippen MR) is 75.4 cm³/mol. The van der Waals surface area contributed by atoms with Crippen LogP contribution in [-0.4, -0.2) is 19.0 Å². The first-order valence-corrected chi connectivity index (χ1v) is 7.72. The van der Waals surface area contributed by atoms with Gasteiger partial charge in [0.25, 0.3) is 0 Å². The lowest BCUT2D eigenvalue weighted by molar-refractivity contribution is 0.547. The van der Waals surface area contributed by atoms with E-state index in [0.29, 0.717) is 0 Å². The molecule has 0 aromatic carbocycles. The van der Waals surface area contributed by atoms with Crippen molar-refractivity contribution in [2.75, 3.05) is 19.0 Å². The van der Waals surface area contributed by atoms with Crippen LogP contribution in [0.2, 0.25) is 0 Å². The summed E-state index contributed by atoms with van der Waals surface area (Å²) in [6.45, 7) is 4.38. The molecule has 0 spiro atoms. The topological polar surface area (TPSA) is 12.0 Å². The van der Waals surface area contributed by atoms with Crippen LogP contribution in [0.15, 0.2) is 0 Å². The smallest absolute Gasteiger partial charge is 0.0348 e. The summed E-state index contributed by atoms with van der Waals surface area (Å²) in [7, 11) is 0. The summed E-state index contributed by atoms with van der Waals surface area (Å²) in [5, 5.41) is 3.33. The molecule has 0 radical (unpaired) electrons. The molecule has 0 aromatic heterocycles. The van der Waals surface area contributed by atoms with Crippen molar-refractivity contribution in [1.29, 1.82) is 0 Å². The van der Waals surface area contributed by atoms with Gasteiger partial charge in [-0.1, -0.05) is 64.7 Å². The summed E-state index contributed by atoms with van der Waals surface area (Å²) in [5.74, 6) is 0.734. The molecule has 0 aliphatic carbocycles. The van der Waals surface area contributed by atoms with E-state index < -0.39 is 0 Å². The van der Waals surface area contributed by atoms with Gasteiger partial charge in [0.15, 0.2) is 0 Å². The molecule has 0 amide bonds. The SMILES string of the molecule is CCCCCCCCCCCCNCCCl. The second-order valence-electron chi connectivity index (χ2n) is 4.62. The van der Waals surface area contributed by atoms with Crippen molar-refractivity contribution in [1.82, 2.24) is 5.32 Å². The van der Waals surface area contributed by atoms with Gasteiger partial charge in [-0.05, 0) is 13.0 Å². The average molecular weight is 248 g/mol. The number of alkyl halides is 1. The van der Waals surface area contributed by atoms with Crippen LogP contribution in [0.5, 0.6) is 0 Å². The monoisotopic (exact) mass is 247 g/mol. The Labute approximate surface area is 107 Å². The number of nitrogens with one attached hydrogen (secondary N) is 1. The minimum absolute atomic E-state index is 0.734. The normalized spacial score (nSPS) is 10.9. The predicted octanol–water partition coefficient (Wildman–Crippen LogP) is 4.74. The summed E-state index contributed by atoms with van der Waals surface area (Å²) in [6, 6.07) is 0. The largest absolute Gasteiger partial charge is 0.316 e. The average Bonchev–Trinajstić information content (AvgIpc) is 2.31. The molecule has 0 unspecified atom stereocenters. The third-order valence-corrected chi connectivity index (χ3v) is 3.17. The molecule has 1 N–H and O–H groups in total. The van der Waals surface area contributed by atoms with Crippen LogP contribution < -0.4 is 5.32 Å². The summed E-state index contributed by atoms with van der Waals surface area (Å²) >= 11 is 5.57. The van der Waals surface area contributed by atoms with Crippen LogP contribution in [0.1, 0.15) is 71.1 Å². The molecular weight excluding hydrogens is 218 g/mol. The number of hydrogen-bond donors (Lipinski definition) is 1. The maximum absolute atomic E-state index is 5.57. The molecule has 16 heavy (non-hydrogen) atoms. The lowest BCUT2D eigenvalue weighted by Crippen LogP contribution is -2.17. The fourth-order valence-corrected chi connectivity index (χ4v) is 2.06. The van der Waals surface area contributed by atoms with Crippen LogP contribution in [0.4, 0.5) is 0 Å². The first-order chi connectivity index (χ1) is 7.91. The lowest BCUT2D eigenvalue weighted by Gasteiger charge is -2.03. The highest BCUT2D eigenvalue weighted by Gasteiger charge is 1.92. The van der Waals surface area contributed by atoms with Gasteiger partial charge in [0.2, 0.25) is 0 Å². The van der Waals surface area contributed by atoms with Crippen LogP contribution in [0, 0.1) is 0 Å². The Balaban J connectivity index is 2.83. The van der Waals surface area contributed by atoms with E-state index in [1.54, 1.807) is 0 Å². The van der Waals surface area contributed by atoms with E-state index in [-0.39, 0.29) is 0 Å². The molecule has 0 fully saturated rings. The maximum atomic E-state index is 5.57. The molecule has 0 aromatic rings. The first kappa shape index (κ1) is 16.2. The number of hydrogen-bond acceptors (Lipinski definition) is 1. The van der Waals surface area contributed by atoms with Crippen molar-refractivity contribution in [3.8, 4) is 0 Å². The lowest BCUT2D eigenvalue weighted by atomic mass is 10.1. The van der Waals surface area contributed by atoms with Gasteiger partial charge in [0.1, 0.15) is 0 Å². The van der Waals surface area contributed by atoms with Crippen molar-refractivity contribution >= 4 is 11.6 Å². The maximum Gasteiger partial charge on any atom is 0.0348 e. The van der Waals surface area contributed by atoms with Gasteiger partial charge in [-0.15, -0.1) is 11.6 Å². The Morgan fingerprint density at radius 1 is 0.688 bits per heavy atom. The summed E-state index contributed by atoms with van der Waals surface area (Å²) in [5.41, 5.74) is 0. The van der Waals surface area contributed by atoms with E-state index in [0.717, 1.165) is 19.0 Å². The molecule has 0 bridgehead atoms. The molecule has 0 aliphatic heterocycles. The summed E-state index contributed by atoms with van der Waals surface area (Å²) < 4.78 is 0. The fourth-order valence-electron chi connectivity index (χ4n) is 1.93. The Morgan fingerprint density at radius 2 is 1.19 bits per heavy atom. The molecule has 0 saturated heterocycles. The number of halogens is 1. The third kappa shape index (κ3) is 14.2. The standard InChI is InChI=1S/C14H30ClN/c1-2-3-4-5-6-7-8-9-10-11-13-16-14-12-15/h16H,2-14H2,1H3. The highest BCUT2D eigenvalue weighted by atomic mass is 35.5. The minimum atomic E-state index is 0.734. The van der Waals surface area contributed by atoms with Gasteiger partial charge < -0.3 is 5.32 Å². The number of rotatable bonds is 13. The number of unbranched alkanes of at least 4 members (excludes halogenated alkanes) is 9. The Morgan fingerprint density at radius 3 is 1.69 bits per heavy atom. The van der Waals surface area contributed by atoms with Gasteiger partial charge in [-0.2, -0.15) is 0 Å². The van der Waals surface area contributed by atoms with Crippen LogP contribution >= 0.6 is 11.6 Å². The van der Waals surface area contributed by atoms with E-state index >= 15 is 0 Å². The molecule has 98 valence electrons. The van der Waals surface area contributed by atoms with Crippen molar-refractivity contribution in [2.24, 2.45) is 0 Å². The van der Waals surface area contributed by atoms with E-state index in [4.69, 9.17) is 11.6 Å². The van der Waals surface area contributed by atoms with Gasteiger partial charge in [-0.3, -0.25) is 0 Å². The van der Waals surface area contributed by atoms with E-state index in [1.165, 1.54) is 64.2 Å². The second kappa shape index (κ2) is 15.2. The van der Waals surface area contributed by atoms with Gasteiger partial charge in [0.05, 0.1) is 0 Å². The van der Waals surface area contributed by atoms with E-state index in [2.05, 4.69) is 12.2 Å². The van der Waals surface area contributed by atoms with E-state index in [1.807, 2.05) is 0 Å². The molecule has 2 heteroatoms. The second-order valence-corrected chi connectivity index (χ2v) is 5.00. The van der Waals surface area contributed by atoms with Crippen molar-refractivity contribution in [3.63, 3.8) is 0 Å². The molecule has 0 heterocycles. The van der Waals surface area contributed by atoms with Gasteiger partial charge in [-0.25, -0.2) is 0 Å². The fraction of sp³-hybridized carbons (Fsp3) is 1.00. The molecule has 0 rings (SSSR count). The van der Waals surface area contributed by atoms with Gasteiger partial charge >= 0.3 is 0 Å². The third-order valence-electron chi connectivity index (χ3n) is 2.98. The van der Waals surface area contributed by atoms with E-state index in [9.17, 15) is 0 Å². The van der Waals surface area contributed by atoms with Crippen molar-refractivity contribution < 1.29 is 0 Å². The van der Waals surface area contributed by atoms with Crippen LogP contribution in [-0.2, 0) is 0 Å². The first-order valence-electron chi connectivity index (χ1n) is 7.18. The van der Waals surface area contributed by atoms with Crippen LogP contribution in [0.3, 0.4) is 0 Å². The zero-order chi connectivity index (χ0) is 11.9. The zero-order valence-corrected chi connectivity index (χ0v) is 11.8. The van der Waals surface area contributed by atoms with Crippen LogP contribution in [0.25, 0.3) is 0 Å². The van der Waals surface area contributed by atoms with Crippen molar-refractivity contribution in [2.45, 2.75) is 71.1 Å². The Bertz CT molecular complexity index is 103. The molecule has 0 saturated carbocycles. The molecule has 0 aliphatic rings. The summed E-state index contributed by atoms with van der Waals surface area (Å²) in [4.78, 5) is 0. The highest BCUT2D eigenvalue weighted by molar-refractivity contribution is 6.18. The highest BCUT2D eigenvalue weighted by Crippen LogP contribution is 2.10. The zero-order valence-electron chi connectivity index (χ0n) is 11.1. The molecule has 1 nitrogen and oxygen atoms in total. The molecular formula is C14H30ClN. The van der Waals surface area contributed by atoms with Gasteiger partial charge in [0, 0.05) is 12.4 Å². The molecule has 0 atom stereocenters. The quantitative estimate of drug-likeness (QED) is 0.366. The minimum Gasteiger partial charge on any atom is -0.316 e. The Hall–Kier alpha value is 0.250.